The largest absolute Gasteiger partial charge is 0.361 e. The van der Waals surface area contributed by atoms with Crippen molar-refractivity contribution in [2.75, 3.05) is 31.1 Å². The monoisotopic (exact) mass is 564 g/mol. The van der Waals surface area contributed by atoms with Crippen LogP contribution in [-0.2, 0) is 0 Å². The van der Waals surface area contributed by atoms with Gasteiger partial charge in [-0.1, -0.05) is 29.3 Å². The number of piperazine rings is 1. The zero-order chi connectivity index (χ0) is 21.1. The third-order valence-electron chi connectivity index (χ3n) is 4.44. The fraction of sp³-hybridized carbons (Fsp3) is 0.222. The number of para-hydroxylation sites is 1. The van der Waals surface area contributed by atoms with Gasteiger partial charge in [0.25, 0.3) is 11.6 Å². The molecule has 3 rings (SSSR count). The highest BCUT2D eigenvalue weighted by molar-refractivity contribution is 14.1. The fourth-order valence-corrected chi connectivity index (χ4v) is 4.27. The number of halogens is 3. The van der Waals surface area contributed by atoms with Crippen LogP contribution in [0, 0.1) is 13.7 Å². The Bertz CT molecular complexity index is 984. The minimum Gasteiger partial charge on any atom is -0.361 e. The van der Waals surface area contributed by atoms with Crippen LogP contribution in [0.1, 0.15) is 10.4 Å². The first-order chi connectivity index (χ1) is 13.8. The van der Waals surface area contributed by atoms with Crippen molar-refractivity contribution in [3.8, 4) is 0 Å². The molecule has 2 aromatic rings. The first-order valence-electron chi connectivity index (χ1n) is 8.51. The van der Waals surface area contributed by atoms with E-state index in [0.29, 0.717) is 52.6 Å². The smallest absolute Gasteiger partial charge is 0.294 e. The molecule has 1 saturated heterocycles. The summed E-state index contributed by atoms with van der Waals surface area (Å²) in [7, 11) is 0. The molecule has 2 aromatic carbocycles. The Balaban J connectivity index is 1.65. The number of rotatable bonds is 3. The Hall–Kier alpha value is -1.69. The van der Waals surface area contributed by atoms with Crippen LogP contribution in [0.3, 0.4) is 0 Å². The Morgan fingerprint density at radius 2 is 1.83 bits per heavy atom. The number of nitrogens with one attached hydrogen (secondary N) is 1. The number of nitrogens with zero attached hydrogens (tertiary/aromatic N) is 3. The first kappa shape index (κ1) is 22.0. The molecule has 0 radical (unpaired) electrons. The Morgan fingerprint density at radius 3 is 2.48 bits per heavy atom. The lowest BCUT2D eigenvalue weighted by Crippen LogP contribution is -2.52. The van der Waals surface area contributed by atoms with Gasteiger partial charge < -0.3 is 9.80 Å². The highest BCUT2D eigenvalue weighted by atomic mass is 127. The number of carbonyl (C=O) groups excluding carboxylic acids is 1. The summed E-state index contributed by atoms with van der Waals surface area (Å²) in [6, 6.07) is 9.78. The molecule has 1 fully saturated rings. The maximum Gasteiger partial charge on any atom is 0.294 e. The van der Waals surface area contributed by atoms with Crippen molar-refractivity contribution in [2.24, 2.45) is 0 Å². The van der Waals surface area contributed by atoms with Gasteiger partial charge in [0.15, 0.2) is 5.11 Å². The van der Waals surface area contributed by atoms with Gasteiger partial charge in [-0.05, 0) is 59.1 Å². The first-order valence-corrected chi connectivity index (χ1v) is 10.8. The number of nitro benzene ring substituents is 1. The van der Waals surface area contributed by atoms with E-state index in [1.807, 2.05) is 15.9 Å². The second-order valence-electron chi connectivity index (χ2n) is 6.22. The number of benzene rings is 2. The zero-order valence-corrected chi connectivity index (χ0v) is 19.4. The van der Waals surface area contributed by atoms with Gasteiger partial charge in [0.2, 0.25) is 0 Å². The lowest BCUT2D eigenvalue weighted by Gasteiger charge is -2.37. The second-order valence-corrected chi connectivity index (χ2v) is 8.67. The Morgan fingerprint density at radius 1 is 1.14 bits per heavy atom. The average Bonchev–Trinajstić information content (AvgIpc) is 2.69. The van der Waals surface area contributed by atoms with Crippen LogP contribution in [0.5, 0.6) is 0 Å². The molecule has 0 saturated carbocycles. The van der Waals surface area contributed by atoms with Crippen LogP contribution >= 0.6 is 58.0 Å². The molecule has 1 amide bonds. The van der Waals surface area contributed by atoms with E-state index >= 15 is 0 Å². The molecular formula is C18H15Cl2IN4O3S. The normalized spacial score (nSPS) is 13.9. The SMILES string of the molecule is O=C(NC(=S)N1CCN(c2c(Cl)cccc2[N+](=O)[O-])CC1)c1cc(I)ccc1Cl. The second kappa shape index (κ2) is 9.41. The summed E-state index contributed by atoms with van der Waals surface area (Å²) >= 11 is 19.8. The maximum absolute atomic E-state index is 12.5. The topological polar surface area (TPSA) is 78.7 Å². The molecule has 0 bridgehead atoms. The van der Waals surface area contributed by atoms with Gasteiger partial charge in [-0.15, -0.1) is 0 Å². The molecule has 29 heavy (non-hydrogen) atoms. The summed E-state index contributed by atoms with van der Waals surface area (Å²) in [6.07, 6.45) is 0. The van der Waals surface area contributed by atoms with Crippen molar-refractivity contribution in [3.05, 3.63) is 65.7 Å². The van der Waals surface area contributed by atoms with Crippen LogP contribution in [0.4, 0.5) is 11.4 Å². The summed E-state index contributed by atoms with van der Waals surface area (Å²) < 4.78 is 0.887. The molecule has 1 heterocycles. The quantitative estimate of drug-likeness (QED) is 0.258. The van der Waals surface area contributed by atoms with E-state index in [1.165, 1.54) is 6.07 Å². The predicted molar refractivity (Wildman–Crippen MR) is 126 cm³/mol. The van der Waals surface area contributed by atoms with Gasteiger partial charge in [-0.2, -0.15) is 0 Å². The van der Waals surface area contributed by atoms with Crippen LogP contribution in [-0.4, -0.2) is 47.0 Å². The van der Waals surface area contributed by atoms with Crippen LogP contribution in [0.15, 0.2) is 36.4 Å². The molecule has 0 aliphatic carbocycles. The van der Waals surface area contributed by atoms with Gasteiger partial charge in [-0.3, -0.25) is 20.2 Å². The number of hydrogen-bond donors (Lipinski definition) is 1. The highest BCUT2D eigenvalue weighted by Crippen LogP contribution is 2.35. The summed E-state index contributed by atoms with van der Waals surface area (Å²) in [5, 5.41) is 15.0. The highest BCUT2D eigenvalue weighted by Gasteiger charge is 2.27. The molecule has 1 aliphatic heterocycles. The van der Waals surface area contributed by atoms with E-state index in [4.69, 9.17) is 35.4 Å². The number of carbonyl (C=O) groups is 1. The van der Waals surface area contributed by atoms with Gasteiger partial charge in [-0.25, -0.2) is 0 Å². The zero-order valence-electron chi connectivity index (χ0n) is 14.9. The molecule has 152 valence electrons. The van der Waals surface area contributed by atoms with Gasteiger partial charge in [0, 0.05) is 35.8 Å². The van der Waals surface area contributed by atoms with Gasteiger partial charge in [0.05, 0.1) is 20.5 Å². The summed E-state index contributed by atoms with van der Waals surface area (Å²) in [6.45, 7) is 1.93. The predicted octanol–water partition coefficient (Wildman–Crippen LogP) is 4.34. The molecular weight excluding hydrogens is 550 g/mol. The van der Waals surface area contributed by atoms with E-state index < -0.39 is 4.92 Å². The number of nitro groups is 1. The van der Waals surface area contributed by atoms with E-state index in [-0.39, 0.29) is 11.6 Å². The lowest BCUT2D eigenvalue weighted by molar-refractivity contribution is -0.384. The molecule has 1 N–H and O–H groups in total. The Labute approximate surface area is 196 Å². The summed E-state index contributed by atoms with van der Waals surface area (Å²) in [5.74, 6) is -0.373. The fourth-order valence-electron chi connectivity index (χ4n) is 3.01. The number of amides is 1. The molecule has 0 atom stereocenters. The molecule has 0 aromatic heterocycles. The van der Waals surface area contributed by atoms with Crippen LogP contribution in [0.25, 0.3) is 0 Å². The average molecular weight is 565 g/mol. The van der Waals surface area contributed by atoms with Crippen molar-refractivity contribution >= 4 is 80.4 Å². The van der Waals surface area contributed by atoms with E-state index in [2.05, 4.69) is 27.9 Å². The van der Waals surface area contributed by atoms with E-state index in [1.54, 1.807) is 24.3 Å². The van der Waals surface area contributed by atoms with Gasteiger partial charge >= 0.3 is 0 Å². The molecule has 7 nitrogen and oxygen atoms in total. The number of anilines is 1. The minimum atomic E-state index is -0.441. The van der Waals surface area contributed by atoms with Crippen molar-refractivity contribution in [1.82, 2.24) is 10.2 Å². The third kappa shape index (κ3) is 5.08. The molecule has 11 heteroatoms. The third-order valence-corrected chi connectivity index (χ3v) is 6.10. The molecule has 1 aliphatic rings. The summed E-state index contributed by atoms with van der Waals surface area (Å²) in [5.41, 5.74) is 0.723. The molecule has 0 spiro atoms. The Kier molecular flexibility index (Phi) is 7.14. The number of hydrogen-bond acceptors (Lipinski definition) is 5. The lowest BCUT2D eigenvalue weighted by atomic mass is 10.2. The maximum atomic E-state index is 12.5. The van der Waals surface area contributed by atoms with Crippen molar-refractivity contribution < 1.29 is 9.72 Å². The standard InChI is InChI=1S/C18H15Cl2IN4O3S/c19-13-5-4-11(21)10-12(13)17(26)22-18(29)24-8-6-23(7-9-24)16-14(20)2-1-3-15(16)25(27)28/h1-5,10H,6-9H2,(H,22,26,29). The van der Waals surface area contributed by atoms with Crippen molar-refractivity contribution in [2.45, 2.75) is 0 Å². The van der Waals surface area contributed by atoms with E-state index in [9.17, 15) is 14.9 Å². The number of thiocarbonyl (C=S) groups is 1. The van der Waals surface area contributed by atoms with Crippen molar-refractivity contribution in [3.63, 3.8) is 0 Å². The van der Waals surface area contributed by atoms with Crippen molar-refractivity contribution in [1.29, 1.82) is 0 Å². The van der Waals surface area contributed by atoms with Crippen LogP contribution in [0.2, 0.25) is 10.0 Å². The van der Waals surface area contributed by atoms with Crippen LogP contribution < -0.4 is 10.2 Å². The summed E-state index contributed by atoms with van der Waals surface area (Å²) in [4.78, 5) is 27.1. The van der Waals surface area contributed by atoms with Gasteiger partial charge in [0.1, 0.15) is 5.69 Å². The minimum absolute atomic E-state index is 0.0323. The molecule has 0 unspecified atom stereocenters. The van der Waals surface area contributed by atoms with E-state index in [0.717, 1.165) is 3.57 Å².